The number of rotatable bonds is 4. The van der Waals surface area contributed by atoms with Crippen LogP contribution in [0.5, 0.6) is 0 Å². The van der Waals surface area contributed by atoms with Crippen LogP contribution >= 0.6 is 0 Å². The highest BCUT2D eigenvalue weighted by Crippen LogP contribution is 2.66. The van der Waals surface area contributed by atoms with Gasteiger partial charge in [-0.2, -0.15) is 0 Å². The van der Waals surface area contributed by atoms with Gasteiger partial charge in [-0.25, -0.2) is 4.79 Å². The first-order valence-corrected chi connectivity index (χ1v) is 14.6. The first kappa shape index (κ1) is 26.1. The van der Waals surface area contributed by atoms with E-state index in [1.54, 1.807) is 0 Å². The van der Waals surface area contributed by atoms with E-state index in [1.807, 2.05) is 26.2 Å². The summed E-state index contributed by atoms with van der Waals surface area (Å²) in [6.07, 6.45) is 15.9. The van der Waals surface area contributed by atoms with E-state index < -0.39 is 11.9 Å². The van der Waals surface area contributed by atoms with E-state index in [0.29, 0.717) is 31.0 Å². The van der Waals surface area contributed by atoms with Crippen molar-refractivity contribution in [2.75, 3.05) is 19.8 Å². The summed E-state index contributed by atoms with van der Waals surface area (Å²) in [5.41, 5.74) is 4.75. The van der Waals surface area contributed by atoms with Gasteiger partial charge < -0.3 is 18.9 Å². The molecule has 2 saturated carbocycles. The summed E-state index contributed by atoms with van der Waals surface area (Å²) in [5.74, 6) is 1.58. The van der Waals surface area contributed by atoms with Crippen molar-refractivity contribution in [1.29, 1.82) is 0 Å². The third kappa shape index (κ3) is 4.62. The smallest absolute Gasteiger partial charge is 0.434 e. The first-order valence-electron chi connectivity index (χ1n) is 14.6. The summed E-state index contributed by atoms with van der Waals surface area (Å²) in [6.45, 7) is 10.1. The molecule has 1 saturated heterocycles. The molecule has 0 aromatic carbocycles. The van der Waals surface area contributed by atoms with E-state index in [0.717, 1.165) is 25.7 Å². The number of hydrogen-bond donors (Lipinski definition) is 0. The van der Waals surface area contributed by atoms with Gasteiger partial charge in [-0.1, -0.05) is 37.6 Å². The van der Waals surface area contributed by atoms with Crippen molar-refractivity contribution in [3.63, 3.8) is 0 Å². The second kappa shape index (κ2) is 9.78. The lowest BCUT2D eigenvalue weighted by Crippen LogP contribution is -2.50. The summed E-state index contributed by atoms with van der Waals surface area (Å²) < 4.78 is 22.6. The van der Waals surface area contributed by atoms with Gasteiger partial charge in [0.1, 0.15) is 12.7 Å². The maximum atomic E-state index is 12.5. The van der Waals surface area contributed by atoms with Gasteiger partial charge in [-0.05, 0) is 98.2 Å². The molecule has 6 rings (SSSR count). The fraction of sp³-hybridized carbons (Fsp3) is 0.688. The fourth-order valence-electron chi connectivity index (χ4n) is 8.44. The molecule has 4 aliphatic carbocycles. The molecule has 0 N–H and O–H groups in total. The van der Waals surface area contributed by atoms with E-state index >= 15 is 0 Å². The Hall–Kier alpha value is -2.18. The zero-order valence-corrected chi connectivity index (χ0v) is 23.4. The third-order valence-electron chi connectivity index (χ3n) is 10.6. The normalized spacial score (nSPS) is 38.2. The standard InChI is InChI=1S/C32H43NO5/c1-30(2)36-19-21(20-37-30)18-35-29(34)38-24-11-13-31(3)23(16-24)7-8-25-27-10-9-26(22-6-5-15-33-17-22)32(27,4)14-12-28(25)31/h5-7,9,15,17,21,24-25,27-28H,8,10-14,16,18-20H2,1-4H3/t24-,25-,27-,28-,31-,32+/m0/s1. The van der Waals surface area contributed by atoms with Gasteiger partial charge in [-0.3, -0.25) is 4.98 Å². The highest BCUT2D eigenvalue weighted by Gasteiger charge is 2.57. The fourth-order valence-corrected chi connectivity index (χ4v) is 8.44. The average molecular weight is 522 g/mol. The molecule has 6 nitrogen and oxygen atoms in total. The lowest BCUT2D eigenvalue weighted by molar-refractivity contribution is -0.265. The molecule has 1 aliphatic heterocycles. The van der Waals surface area contributed by atoms with Gasteiger partial charge in [0.2, 0.25) is 0 Å². The molecule has 2 heterocycles. The SMILES string of the molecule is CC1(C)OCC(COC(=O)O[C@H]2CC[C@@]3(C)C(=CC[C@@H]4[C@@H]3CC[C@]3(C)C(c5cccnc5)=CC[C@@H]43)C2)CO1. The molecule has 0 unspecified atom stereocenters. The molecule has 6 heteroatoms. The van der Waals surface area contributed by atoms with Crippen LogP contribution in [0.25, 0.3) is 5.57 Å². The lowest BCUT2D eigenvalue weighted by atomic mass is 9.47. The van der Waals surface area contributed by atoms with Crippen molar-refractivity contribution in [1.82, 2.24) is 4.98 Å². The molecule has 1 aromatic rings. The van der Waals surface area contributed by atoms with Crippen molar-refractivity contribution in [2.24, 2.45) is 34.5 Å². The third-order valence-corrected chi connectivity index (χ3v) is 10.6. The Morgan fingerprint density at radius 2 is 1.82 bits per heavy atom. The van der Waals surface area contributed by atoms with E-state index in [9.17, 15) is 4.79 Å². The second-order valence-electron chi connectivity index (χ2n) is 13.2. The monoisotopic (exact) mass is 521 g/mol. The second-order valence-corrected chi connectivity index (χ2v) is 13.2. The maximum Gasteiger partial charge on any atom is 0.508 e. The van der Waals surface area contributed by atoms with E-state index in [-0.39, 0.29) is 29.5 Å². The highest BCUT2D eigenvalue weighted by atomic mass is 16.7. The Balaban J connectivity index is 1.07. The number of allylic oxidation sites excluding steroid dienone is 3. The molecule has 3 fully saturated rings. The number of nitrogens with zero attached hydrogens (tertiary/aromatic N) is 1. The summed E-state index contributed by atoms with van der Waals surface area (Å²) in [5, 5.41) is 0. The number of hydrogen-bond acceptors (Lipinski definition) is 6. The first-order chi connectivity index (χ1) is 18.2. The molecule has 6 atom stereocenters. The van der Waals surface area contributed by atoms with Crippen LogP contribution in [-0.2, 0) is 18.9 Å². The molecule has 5 aliphatic rings. The van der Waals surface area contributed by atoms with Crippen LogP contribution in [0.15, 0.2) is 42.3 Å². The summed E-state index contributed by atoms with van der Waals surface area (Å²) in [7, 11) is 0. The van der Waals surface area contributed by atoms with Crippen molar-refractivity contribution in [3.8, 4) is 0 Å². The van der Waals surface area contributed by atoms with Crippen LogP contribution < -0.4 is 0 Å². The van der Waals surface area contributed by atoms with Crippen LogP contribution in [0.1, 0.15) is 78.2 Å². The minimum Gasteiger partial charge on any atom is -0.434 e. The topological polar surface area (TPSA) is 66.9 Å². The van der Waals surface area contributed by atoms with Gasteiger partial charge >= 0.3 is 6.16 Å². The molecule has 38 heavy (non-hydrogen) atoms. The van der Waals surface area contributed by atoms with Crippen molar-refractivity contribution in [3.05, 3.63) is 47.8 Å². The zero-order chi connectivity index (χ0) is 26.5. The minimum absolute atomic E-state index is 0.0453. The van der Waals surface area contributed by atoms with E-state index in [2.05, 4.69) is 43.1 Å². The van der Waals surface area contributed by atoms with E-state index in [1.165, 1.54) is 36.0 Å². The molecule has 0 radical (unpaired) electrons. The molecule has 0 spiro atoms. The molecule has 1 aromatic heterocycles. The summed E-state index contributed by atoms with van der Waals surface area (Å²) in [6, 6.07) is 4.29. The predicted octanol–water partition coefficient (Wildman–Crippen LogP) is 6.96. The van der Waals surface area contributed by atoms with Crippen molar-refractivity contribution in [2.45, 2.75) is 84.5 Å². The molecule has 0 amide bonds. The number of fused-ring (bicyclic) bond motifs is 5. The largest absolute Gasteiger partial charge is 0.508 e. The van der Waals surface area contributed by atoms with Crippen LogP contribution in [-0.4, -0.2) is 42.9 Å². The number of aromatic nitrogens is 1. The Kier molecular flexibility index (Phi) is 6.71. The summed E-state index contributed by atoms with van der Waals surface area (Å²) in [4.78, 5) is 16.9. The maximum absolute atomic E-state index is 12.5. The van der Waals surface area contributed by atoms with Crippen molar-refractivity contribution >= 4 is 11.7 Å². The van der Waals surface area contributed by atoms with Crippen LogP contribution in [0.2, 0.25) is 0 Å². The van der Waals surface area contributed by atoms with Crippen LogP contribution in [0.4, 0.5) is 4.79 Å². The lowest BCUT2D eigenvalue weighted by Gasteiger charge is -2.57. The van der Waals surface area contributed by atoms with Gasteiger partial charge in [0, 0.05) is 24.7 Å². The molecular formula is C32H43NO5. The number of carbonyl (C=O) groups is 1. The minimum atomic E-state index is -0.564. The molecule has 0 bridgehead atoms. The predicted molar refractivity (Wildman–Crippen MR) is 145 cm³/mol. The van der Waals surface area contributed by atoms with Crippen LogP contribution in [0.3, 0.4) is 0 Å². The number of pyridine rings is 1. The molecular weight excluding hydrogens is 478 g/mol. The molecule has 206 valence electrons. The number of ether oxygens (including phenoxy) is 4. The Morgan fingerprint density at radius 3 is 2.58 bits per heavy atom. The Morgan fingerprint density at radius 1 is 1.03 bits per heavy atom. The average Bonchev–Trinajstić information content (AvgIpc) is 3.26. The van der Waals surface area contributed by atoms with Gasteiger partial charge in [0.05, 0.1) is 13.2 Å². The zero-order valence-electron chi connectivity index (χ0n) is 23.4. The summed E-state index contributed by atoms with van der Waals surface area (Å²) >= 11 is 0. The quantitative estimate of drug-likeness (QED) is 0.315. The van der Waals surface area contributed by atoms with Gasteiger partial charge in [0.15, 0.2) is 5.79 Å². The number of carbonyl (C=O) groups excluding carboxylic acids is 1. The van der Waals surface area contributed by atoms with Gasteiger partial charge in [0.25, 0.3) is 0 Å². The van der Waals surface area contributed by atoms with Crippen molar-refractivity contribution < 1.29 is 23.7 Å². The van der Waals surface area contributed by atoms with Crippen LogP contribution in [0, 0.1) is 34.5 Å². The van der Waals surface area contributed by atoms with E-state index in [4.69, 9.17) is 18.9 Å². The van der Waals surface area contributed by atoms with Gasteiger partial charge in [-0.15, -0.1) is 0 Å². The Bertz CT molecular complexity index is 1100. The Labute approximate surface area is 227 Å². The highest BCUT2D eigenvalue weighted by molar-refractivity contribution is 5.72.